The molecule has 0 spiro atoms. The van der Waals surface area contributed by atoms with Crippen molar-refractivity contribution in [2.75, 3.05) is 12.4 Å². The average Bonchev–Trinajstić information content (AvgIpc) is 2.60. The summed E-state index contributed by atoms with van der Waals surface area (Å²) in [6.45, 7) is 0.916. The molecule has 1 atom stereocenters. The Morgan fingerprint density at radius 1 is 1.17 bits per heavy atom. The van der Waals surface area contributed by atoms with Gasteiger partial charge < -0.3 is 15.4 Å². The lowest BCUT2D eigenvalue weighted by Gasteiger charge is -2.25. The van der Waals surface area contributed by atoms with Gasteiger partial charge in [0.1, 0.15) is 0 Å². The van der Waals surface area contributed by atoms with E-state index in [0.717, 1.165) is 16.7 Å². The molecule has 0 radical (unpaired) electrons. The van der Waals surface area contributed by atoms with Gasteiger partial charge in [-0.05, 0) is 22.8 Å². The summed E-state index contributed by atoms with van der Waals surface area (Å²) in [4.78, 5) is 24.5. The van der Waals surface area contributed by atoms with Gasteiger partial charge in [0.25, 0.3) is 0 Å². The van der Waals surface area contributed by atoms with Crippen molar-refractivity contribution in [2.24, 2.45) is 0 Å². The summed E-state index contributed by atoms with van der Waals surface area (Å²) in [6, 6.07) is 15.3. The third-order valence-corrected chi connectivity index (χ3v) is 4.19. The van der Waals surface area contributed by atoms with Crippen LogP contribution in [0.4, 0.5) is 5.69 Å². The molecule has 1 aliphatic heterocycles. The van der Waals surface area contributed by atoms with Crippen LogP contribution in [-0.4, -0.2) is 18.9 Å². The molecule has 0 saturated heterocycles. The summed E-state index contributed by atoms with van der Waals surface area (Å²) in [5.41, 5.74) is 3.64. The van der Waals surface area contributed by atoms with Crippen LogP contribution in [0.1, 0.15) is 29.0 Å². The molecule has 0 aromatic heterocycles. The van der Waals surface area contributed by atoms with Crippen LogP contribution in [0.25, 0.3) is 0 Å². The minimum Gasteiger partial charge on any atom is -0.380 e. The number of ether oxygens (including phenoxy) is 1. The fourth-order valence-electron chi connectivity index (χ4n) is 2.98. The van der Waals surface area contributed by atoms with E-state index in [1.54, 1.807) is 7.11 Å². The molecule has 1 unspecified atom stereocenters. The molecule has 3 rings (SSSR count). The summed E-state index contributed by atoms with van der Waals surface area (Å²) >= 11 is 0. The van der Waals surface area contributed by atoms with Crippen molar-refractivity contribution in [3.05, 3.63) is 65.2 Å². The van der Waals surface area contributed by atoms with Gasteiger partial charge in [-0.15, -0.1) is 0 Å². The second-order valence-electron chi connectivity index (χ2n) is 5.81. The van der Waals surface area contributed by atoms with Gasteiger partial charge in [-0.1, -0.05) is 42.5 Å². The van der Waals surface area contributed by atoms with Gasteiger partial charge in [0.15, 0.2) is 0 Å². The fourth-order valence-corrected chi connectivity index (χ4v) is 2.98. The number of anilines is 1. The largest absolute Gasteiger partial charge is 0.380 e. The van der Waals surface area contributed by atoms with Gasteiger partial charge in [-0.25, -0.2) is 0 Å². The topological polar surface area (TPSA) is 67.4 Å². The van der Waals surface area contributed by atoms with Gasteiger partial charge in [0, 0.05) is 25.8 Å². The smallest absolute Gasteiger partial charge is 0.228 e. The van der Waals surface area contributed by atoms with E-state index in [4.69, 9.17) is 4.74 Å². The van der Waals surface area contributed by atoms with Crippen molar-refractivity contribution in [1.29, 1.82) is 0 Å². The number of hydrogen-bond donors (Lipinski definition) is 2. The Bertz CT molecular complexity index is 758. The molecule has 1 aliphatic rings. The molecule has 124 valence electrons. The summed E-state index contributed by atoms with van der Waals surface area (Å²) in [5.74, 6) is -0.720. The van der Waals surface area contributed by atoms with Gasteiger partial charge in [-0.3, -0.25) is 9.59 Å². The molecule has 5 nitrogen and oxygen atoms in total. The highest BCUT2D eigenvalue weighted by Gasteiger charge is 2.30. The zero-order valence-corrected chi connectivity index (χ0v) is 13.5. The quantitative estimate of drug-likeness (QED) is 0.888. The lowest BCUT2D eigenvalue weighted by atomic mass is 9.90. The standard InChI is InChI=1S/C19H20N2O3/c1-24-12-14-7-3-2-6-13(14)11-20-19(23)16-10-18(22)21-17-9-5-4-8-15(16)17/h2-9,16H,10-12H2,1H3,(H,20,23)(H,21,22). The summed E-state index contributed by atoms with van der Waals surface area (Å²) in [5, 5.41) is 5.76. The SMILES string of the molecule is COCc1ccccc1CNC(=O)C1CC(=O)Nc2ccccc21. The summed E-state index contributed by atoms with van der Waals surface area (Å²) in [7, 11) is 1.65. The highest BCUT2D eigenvalue weighted by atomic mass is 16.5. The minimum absolute atomic E-state index is 0.131. The van der Waals surface area contributed by atoms with Gasteiger partial charge in [0.05, 0.1) is 12.5 Å². The zero-order chi connectivity index (χ0) is 16.9. The monoisotopic (exact) mass is 324 g/mol. The van der Waals surface area contributed by atoms with Crippen LogP contribution in [0.5, 0.6) is 0 Å². The molecule has 24 heavy (non-hydrogen) atoms. The number of benzene rings is 2. The Morgan fingerprint density at radius 3 is 2.67 bits per heavy atom. The Labute approximate surface area is 141 Å². The highest BCUT2D eigenvalue weighted by Crippen LogP contribution is 2.32. The number of carbonyl (C=O) groups excluding carboxylic acids is 2. The molecule has 0 bridgehead atoms. The van der Waals surface area contributed by atoms with Crippen LogP contribution in [-0.2, 0) is 27.5 Å². The van der Waals surface area contributed by atoms with E-state index in [2.05, 4.69) is 10.6 Å². The zero-order valence-electron chi connectivity index (χ0n) is 13.5. The number of amides is 2. The van der Waals surface area contributed by atoms with E-state index in [1.807, 2.05) is 48.5 Å². The number of fused-ring (bicyclic) bond motifs is 1. The number of methoxy groups -OCH3 is 1. The van der Waals surface area contributed by atoms with E-state index in [1.165, 1.54) is 0 Å². The molecule has 0 saturated carbocycles. The summed E-state index contributed by atoms with van der Waals surface area (Å²) < 4.78 is 5.19. The highest BCUT2D eigenvalue weighted by molar-refractivity contribution is 6.01. The van der Waals surface area contributed by atoms with Gasteiger partial charge in [0.2, 0.25) is 11.8 Å². The van der Waals surface area contributed by atoms with Crippen LogP contribution < -0.4 is 10.6 Å². The van der Waals surface area contributed by atoms with E-state index in [-0.39, 0.29) is 18.2 Å². The molecule has 2 aromatic carbocycles. The Kier molecular flexibility index (Phi) is 4.91. The molecule has 0 fully saturated rings. The van der Waals surface area contributed by atoms with Crippen molar-refractivity contribution in [3.8, 4) is 0 Å². The van der Waals surface area contributed by atoms with Crippen molar-refractivity contribution < 1.29 is 14.3 Å². The first-order valence-corrected chi connectivity index (χ1v) is 7.91. The molecule has 0 aliphatic carbocycles. The number of para-hydroxylation sites is 1. The third kappa shape index (κ3) is 3.46. The first-order chi connectivity index (χ1) is 11.7. The Balaban J connectivity index is 1.73. The van der Waals surface area contributed by atoms with Crippen molar-refractivity contribution >= 4 is 17.5 Å². The fraction of sp³-hybridized carbons (Fsp3) is 0.263. The molecule has 2 amide bonds. The normalized spacial score (nSPS) is 16.2. The minimum atomic E-state index is -0.454. The van der Waals surface area contributed by atoms with E-state index >= 15 is 0 Å². The maximum atomic E-state index is 12.6. The number of hydrogen-bond acceptors (Lipinski definition) is 3. The van der Waals surface area contributed by atoms with E-state index in [9.17, 15) is 9.59 Å². The van der Waals surface area contributed by atoms with E-state index < -0.39 is 5.92 Å². The predicted molar refractivity (Wildman–Crippen MR) is 91.4 cm³/mol. The second kappa shape index (κ2) is 7.27. The second-order valence-corrected chi connectivity index (χ2v) is 5.81. The molecule has 1 heterocycles. The third-order valence-electron chi connectivity index (χ3n) is 4.19. The van der Waals surface area contributed by atoms with Gasteiger partial charge in [-0.2, -0.15) is 0 Å². The van der Waals surface area contributed by atoms with Crippen LogP contribution in [0.2, 0.25) is 0 Å². The Hall–Kier alpha value is -2.66. The molecular weight excluding hydrogens is 304 g/mol. The first-order valence-electron chi connectivity index (χ1n) is 7.91. The number of nitrogens with one attached hydrogen (secondary N) is 2. The maximum Gasteiger partial charge on any atom is 0.228 e. The van der Waals surface area contributed by atoms with E-state index in [0.29, 0.717) is 18.8 Å². The summed E-state index contributed by atoms with van der Waals surface area (Å²) in [6.07, 6.45) is 0.169. The Morgan fingerprint density at radius 2 is 1.88 bits per heavy atom. The number of rotatable bonds is 5. The van der Waals surface area contributed by atoms with Crippen LogP contribution in [0.15, 0.2) is 48.5 Å². The number of carbonyl (C=O) groups is 2. The molecule has 5 heteroatoms. The van der Waals surface area contributed by atoms with Crippen molar-refractivity contribution in [1.82, 2.24) is 5.32 Å². The van der Waals surface area contributed by atoms with Crippen molar-refractivity contribution in [3.63, 3.8) is 0 Å². The molecular formula is C19H20N2O3. The first kappa shape index (κ1) is 16.2. The predicted octanol–water partition coefficient (Wildman–Crippen LogP) is 2.58. The lowest BCUT2D eigenvalue weighted by molar-refractivity contribution is -0.126. The molecule has 2 N–H and O–H groups in total. The van der Waals surface area contributed by atoms with Crippen LogP contribution >= 0.6 is 0 Å². The van der Waals surface area contributed by atoms with Crippen molar-refractivity contribution in [2.45, 2.75) is 25.5 Å². The van der Waals surface area contributed by atoms with Crippen LogP contribution in [0.3, 0.4) is 0 Å². The van der Waals surface area contributed by atoms with Gasteiger partial charge >= 0.3 is 0 Å². The van der Waals surface area contributed by atoms with Crippen LogP contribution in [0, 0.1) is 0 Å². The lowest BCUT2D eigenvalue weighted by Crippen LogP contribution is -2.34. The average molecular weight is 324 g/mol. The molecule has 2 aromatic rings. The maximum absolute atomic E-state index is 12.6.